The van der Waals surface area contributed by atoms with E-state index in [9.17, 15) is 19.7 Å². The third-order valence-corrected chi connectivity index (χ3v) is 5.52. The highest BCUT2D eigenvalue weighted by molar-refractivity contribution is 9.10. The Kier molecular flexibility index (Phi) is 2.84. The minimum atomic E-state index is -1.59. The van der Waals surface area contributed by atoms with Gasteiger partial charge in [-0.3, -0.25) is 19.7 Å². The van der Waals surface area contributed by atoms with Gasteiger partial charge in [-0.2, -0.15) is 0 Å². The zero-order valence-electron chi connectivity index (χ0n) is 11.7. The Hall–Kier alpha value is -2.34. The lowest BCUT2D eigenvalue weighted by Gasteiger charge is -2.05. The summed E-state index contributed by atoms with van der Waals surface area (Å²) in [7, 11) is 0. The molecule has 23 heavy (non-hydrogen) atoms. The van der Waals surface area contributed by atoms with Crippen molar-refractivity contribution < 1.29 is 14.5 Å². The number of fused-ring (bicyclic) bond motifs is 1. The number of benzene rings is 2. The summed E-state index contributed by atoms with van der Waals surface area (Å²) in [6.07, 6.45) is 0. The summed E-state index contributed by atoms with van der Waals surface area (Å²) in [5.41, 5.74) is -0.377. The summed E-state index contributed by atoms with van der Waals surface area (Å²) >= 11 is 3.37. The molecule has 2 atom stereocenters. The third kappa shape index (κ3) is 1.61. The zero-order valence-corrected chi connectivity index (χ0v) is 13.3. The van der Waals surface area contributed by atoms with Crippen LogP contribution < -0.4 is 0 Å². The lowest BCUT2D eigenvalue weighted by atomic mass is 9.93. The Balaban J connectivity index is 1.92. The topological polar surface area (TPSA) is 77.3 Å². The van der Waals surface area contributed by atoms with Gasteiger partial charge in [0.05, 0.1) is 5.92 Å². The Morgan fingerprint density at radius 2 is 1.48 bits per heavy atom. The first-order valence-electron chi connectivity index (χ1n) is 7.07. The molecule has 2 aliphatic carbocycles. The standard InChI is InChI=1S/C17H10BrNO4/c18-12-8-4-3-7-11(12)13-14(19(22)23)17(13)15(20)9-5-1-2-6-10(9)16(17)21/h1-8,13-14H/t13-,14-/m0/s1. The second kappa shape index (κ2) is 4.58. The van der Waals surface area contributed by atoms with Gasteiger partial charge in [-0.05, 0) is 11.6 Å². The first kappa shape index (κ1) is 14.3. The smallest absolute Gasteiger partial charge is 0.242 e. The van der Waals surface area contributed by atoms with Crippen LogP contribution in [0.5, 0.6) is 0 Å². The highest BCUT2D eigenvalue weighted by Crippen LogP contribution is 2.67. The van der Waals surface area contributed by atoms with Gasteiger partial charge < -0.3 is 0 Å². The van der Waals surface area contributed by atoms with Crippen molar-refractivity contribution in [2.24, 2.45) is 5.41 Å². The van der Waals surface area contributed by atoms with Gasteiger partial charge in [0.2, 0.25) is 6.04 Å². The molecule has 5 nitrogen and oxygen atoms in total. The Morgan fingerprint density at radius 3 is 2.00 bits per heavy atom. The second-order valence-electron chi connectivity index (χ2n) is 5.80. The van der Waals surface area contributed by atoms with Crippen LogP contribution in [-0.2, 0) is 0 Å². The van der Waals surface area contributed by atoms with Crippen molar-refractivity contribution in [1.82, 2.24) is 0 Å². The fraction of sp³-hybridized carbons (Fsp3) is 0.176. The van der Waals surface area contributed by atoms with Gasteiger partial charge in [0.1, 0.15) is 0 Å². The van der Waals surface area contributed by atoms with Crippen LogP contribution in [0.4, 0.5) is 0 Å². The van der Waals surface area contributed by atoms with Crippen LogP contribution in [0.1, 0.15) is 32.2 Å². The molecule has 0 aliphatic heterocycles. The molecular formula is C17H10BrNO4. The van der Waals surface area contributed by atoms with Crippen LogP contribution in [0.3, 0.4) is 0 Å². The Bertz CT molecular complexity index is 857. The van der Waals surface area contributed by atoms with E-state index < -0.39 is 33.9 Å². The number of rotatable bonds is 2. The maximum absolute atomic E-state index is 12.9. The van der Waals surface area contributed by atoms with Gasteiger partial charge in [0, 0.05) is 20.5 Å². The minimum Gasteiger partial charge on any atom is -0.293 e. The molecule has 2 aliphatic rings. The summed E-state index contributed by atoms with van der Waals surface area (Å²) in [5, 5.41) is 11.5. The molecule has 0 radical (unpaired) electrons. The monoisotopic (exact) mass is 371 g/mol. The van der Waals surface area contributed by atoms with Crippen LogP contribution in [0.2, 0.25) is 0 Å². The van der Waals surface area contributed by atoms with E-state index in [1.54, 1.807) is 48.5 Å². The van der Waals surface area contributed by atoms with E-state index in [0.717, 1.165) is 0 Å². The molecule has 0 bridgehead atoms. The lowest BCUT2D eigenvalue weighted by molar-refractivity contribution is -0.500. The summed E-state index contributed by atoms with van der Waals surface area (Å²) in [6.45, 7) is 0. The van der Waals surface area contributed by atoms with E-state index in [1.807, 2.05) is 0 Å². The maximum Gasteiger partial charge on any atom is 0.242 e. The fourth-order valence-corrected chi connectivity index (χ4v) is 4.31. The molecule has 0 amide bonds. The molecule has 2 aromatic rings. The number of hydrogen-bond acceptors (Lipinski definition) is 4. The summed E-state index contributed by atoms with van der Waals surface area (Å²) in [4.78, 5) is 36.8. The average molecular weight is 372 g/mol. The largest absolute Gasteiger partial charge is 0.293 e. The Labute approximate surface area is 139 Å². The highest BCUT2D eigenvalue weighted by Gasteiger charge is 2.84. The molecule has 6 heteroatoms. The van der Waals surface area contributed by atoms with Crippen LogP contribution in [-0.4, -0.2) is 22.5 Å². The third-order valence-electron chi connectivity index (χ3n) is 4.80. The molecule has 4 rings (SSSR count). The maximum atomic E-state index is 12.9. The number of carbonyl (C=O) groups is 2. The van der Waals surface area contributed by atoms with Gasteiger partial charge in [0.25, 0.3) is 0 Å². The van der Waals surface area contributed by atoms with Gasteiger partial charge in [-0.25, -0.2) is 0 Å². The minimum absolute atomic E-state index is 0.291. The first-order chi connectivity index (χ1) is 11.0. The molecule has 0 heterocycles. The van der Waals surface area contributed by atoms with Gasteiger partial charge >= 0.3 is 0 Å². The molecule has 1 fully saturated rings. The van der Waals surface area contributed by atoms with Crippen LogP contribution >= 0.6 is 15.9 Å². The normalized spacial score (nSPS) is 23.9. The fourth-order valence-electron chi connectivity index (χ4n) is 3.78. The number of halogens is 1. The van der Waals surface area contributed by atoms with Crippen LogP contribution in [0, 0.1) is 15.5 Å². The van der Waals surface area contributed by atoms with Crippen molar-refractivity contribution in [3.8, 4) is 0 Å². The van der Waals surface area contributed by atoms with Crippen molar-refractivity contribution in [3.05, 3.63) is 79.8 Å². The predicted octanol–water partition coefficient (Wildman–Crippen LogP) is 3.26. The molecule has 0 saturated heterocycles. The van der Waals surface area contributed by atoms with Crippen LogP contribution in [0.15, 0.2) is 53.0 Å². The SMILES string of the molecule is O=C1c2ccccc2C(=O)C12[C@@H]([N+](=O)[O-])[C@@H]2c1ccccc1Br. The quantitative estimate of drug-likeness (QED) is 0.461. The van der Waals surface area contributed by atoms with E-state index in [2.05, 4.69) is 15.9 Å². The van der Waals surface area contributed by atoms with Crippen molar-refractivity contribution >= 4 is 27.5 Å². The van der Waals surface area contributed by atoms with Gasteiger partial charge in [-0.1, -0.05) is 58.4 Å². The van der Waals surface area contributed by atoms with Crippen LogP contribution in [0.25, 0.3) is 0 Å². The first-order valence-corrected chi connectivity index (χ1v) is 7.87. The molecule has 2 aromatic carbocycles. The average Bonchev–Trinajstić information content (AvgIpc) is 3.19. The van der Waals surface area contributed by atoms with Crippen molar-refractivity contribution in [2.45, 2.75) is 12.0 Å². The van der Waals surface area contributed by atoms with Gasteiger partial charge in [-0.15, -0.1) is 0 Å². The molecule has 0 unspecified atom stereocenters. The summed E-state index contributed by atoms with van der Waals surface area (Å²) < 4.78 is 0.672. The second-order valence-corrected chi connectivity index (χ2v) is 6.66. The molecule has 1 spiro atoms. The predicted molar refractivity (Wildman–Crippen MR) is 85.2 cm³/mol. The number of Topliss-reactive ketones (excluding diaryl/α,β-unsaturated/α-hetero) is 2. The van der Waals surface area contributed by atoms with E-state index in [1.165, 1.54) is 0 Å². The van der Waals surface area contributed by atoms with E-state index in [4.69, 9.17) is 0 Å². The van der Waals surface area contributed by atoms with Gasteiger partial charge in [0.15, 0.2) is 17.0 Å². The molecular weight excluding hydrogens is 362 g/mol. The van der Waals surface area contributed by atoms with Crippen molar-refractivity contribution in [1.29, 1.82) is 0 Å². The number of hydrogen-bond donors (Lipinski definition) is 0. The van der Waals surface area contributed by atoms with Crippen molar-refractivity contribution in [2.75, 3.05) is 0 Å². The zero-order chi connectivity index (χ0) is 16.4. The number of ketones is 2. The Morgan fingerprint density at radius 1 is 0.957 bits per heavy atom. The highest BCUT2D eigenvalue weighted by atomic mass is 79.9. The molecule has 1 saturated carbocycles. The number of nitrogens with zero attached hydrogens (tertiary/aromatic N) is 1. The van der Waals surface area contributed by atoms with E-state index >= 15 is 0 Å². The molecule has 0 aromatic heterocycles. The number of carbonyl (C=O) groups excluding carboxylic acids is 2. The number of nitro groups is 1. The molecule has 114 valence electrons. The van der Waals surface area contributed by atoms with E-state index in [-0.39, 0.29) is 0 Å². The molecule has 0 N–H and O–H groups in total. The summed E-state index contributed by atoms with van der Waals surface area (Å²) in [5.74, 6) is -1.60. The van der Waals surface area contributed by atoms with E-state index in [0.29, 0.717) is 21.2 Å². The van der Waals surface area contributed by atoms with Crippen molar-refractivity contribution in [3.63, 3.8) is 0 Å². The lowest BCUT2D eigenvalue weighted by Crippen LogP contribution is -2.25. The summed E-state index contributed by atoms with van der Waals surface area (Å²) in [6, 6.07) is 12.3.